The predicted molar refractivity (Wildman–Crippen MR) is 123 cm³/mol. The third-order valence-electron chi connectivity index (χ3n) is 6.65. The Bertz CT molecular complexity index is 1240. The van der Waals surface area contributed by atoms with Crippen LogP contribution in [0.2, 0.25) is 0 Å². The number of amides is 1. The monoisotopic (exact) mass is 493 g/mol. The van der Waals surface area contributed by atoms with Crippen LogP contribution in [0, 0.1) is 11.2 Å². The van der Waals surface area contributed by atoms with Gasteiger partial charge in [-0.15, -0.1) is 11.3 Å². The van der Waals surface area contributed by atoms with Crippen LogP contribution < -0.4 is 15.5 Å². The number of thiophene rings is 1. The van der Waals surface area contributed by atoms with Crippen molar-refractivity contribution in [2.45, 2.75) is 37.9 Å². The SMILES string of the molecule is CNC(=O)c1ccc(NC2CC3(CCN(c4ncnc5sc(CC(F)(F)F)cc45)C3)C2)c(F)c1. The number of fused-ring (bicyclic) bond motifs is 1. The molecule has 6 nitrogen and oxygen atoms in total. The predicted octanol–water partition coefficient (Wildman–Crippen LogP) is 4.77. The van der Waals surface area contributed by atoms with Crippen LogP contribution in [0.1, 0.15) is 34.5 Å². The van der Waals surface area contributed by atoms with Gasteiger partial charge >= 0.3 is 6.18 Å². The van der Waals surface area contributed by atoms with Gasteiger partial charge in [0.05, 0.1) is 17.5 Å². The molecule has 2 N–H and O–H groups in total. The molecule has 11 heteroatoms. The number of aromatic nitrogens is 2. The molecule has 34 heavy (non-hydrogen) atoms. The maximum absolute atomic E-state index is 14.4. The van der Waals surface area contributed by atoms with Crippen LogP contribution in [-0.4, -0.2) is 48.2 Å². The summed E-state index contributed by atoms with van der Waals surface area (Å²) >= 11 is 1.06. The summed E-state index contributed by atoms with van der Waals surface area (Å²) in [5.74, 6) is -0.126. The zero-order valence-electron chi connectivity index (χ0n) is 18.4. The quantitative estimate of drug-likeness (QED) is 0.502. The fraction of sp³-hybridized carbons (Fsp3) is 0.435. The van der Waals surface area contributed by atoms with E-state index >= 15 is 0 Å². The lowest BCUT2D eigenvalue weighted by atomic mass is 9.65. The van der Waals surface area contributed by atoms with Crippen molar-refractivity contribution in [2.24, 2.45) is 5.41 Å². The highest BCUT2D eigenvalue weighted by molar-refractivity contribution is 7.18. The van der Waals surface area contributed by atoms with Gasteiger partial charge in [-0.05, 0) is 48.9 Å². The minimum absolute atomic E-state index is 0.0677. The molecule has 1 amide bonds. The summed E-state index contributed by atoms with van der Waals surface area (Å²) in [6, 6.07) is 6.07. The number of rotatable bonds is 5. The first-order chi connectivity index (χ1) is 16.1. The first kappa shape index (κ1) is 22.8. The number of hydrogen-bond acceptors (Lipinski definition) is 6. The van der Waals surface area contributed by atoms with Crippen LogP contribution in [-0.2, 0) is 6.42 Å². The Morgan fingerprint density at radius 3 is 2.76 bits per heavy atom. The van der Waals surface area contributed by atoms with Crippen LogP contribution >= 0.6 is 11.3 Å². The van der Waals surface area contributed by atoms with Crippen LogP contribution in [0.5, 0.6) is 0 Å². The first-order valence-corrected chi connectivity index (χ1v) is 11.8. The Kier molecular flexibility index (Phi) is 5.62. The van der Waals surface area contributed by atoms with Crippen molar-refractivity contribution >= 4 is 39.0 Å². The van der Waals surface area contributed by atoms with Crippen molar-refractivity contribution in [3.63, 3.8) is 0 Å². The summed E-state index contributed by atoms with van der Waals surface area (Å²) in [5, 5.41) is 6.37. The lowest BCUT2D eigenvalue weighted by molar-refractivity contribution is -0.126. The molecule has 1 aromatic carbocycles. The smallest absolute Gasteiger partial charge is 0.380 e. The van der Waals surface area contributed by atoms with E-state index in [0.717, 1.165) is 43.7 Å². The van der Waals surface area contributed by atoms with Gasteiger partial charge in [-0.2, -0.15) is 13.2 Å². The van der Waals surface area contributed by atoms with E-state index in [4.69, 9.17) is 0 Å². The van der Waals surface area contributed by atoms with E-state index in [9.17, 15) is 22.4 Å². The molecule has 0 radical (unpaired) electrons. The van der Waals surface area contributed by atoms with E-state index in [0.29, 0.717) is 21.7 Å². The number of benzene rings is 1. The van der Waals surface area contributed by atoms with Crippen LogP contribution in [0.25, 0.3) is 10.2 Å². The molecule has 180 valence electrons. The lowest BCUT2D eigenvalue weighted by Crippen LogP contribution is -2.47. The third kappa shape index (κ3) is 4.40. The molecule has 0 bridgehead atoms. The number of nitrogens with zero attached hydrogens (tertiary/aromatic N) is 3. The Morgan fingerprint density at radius 1 is 1.26 bits per heavy atom. The molecule has 1 spiro atoms. The number of nitrogens with one attached hydrogen (secondary N) is 2. The molecule has 2 aromatic heterocycles. The van der Waals surface area contributed by atoms with Gasteiger partial charge < -0.3 is 15.5 Å². The number of hydrogen-bond donors (Lipinski definition) is 2. The summed E-state index contributed by atoms with van der Waals surface area (Å²) < 4.78 is 52.9. The van der Waals surface area contributed by atoms with Crippen LogP contribution in [0.4, 0.5) is 29.1 Å². The van der Waals surface area contributed by atoms with Gasteiger partial charge in [0, 0.05) is 36.6 Å². The number of halogens is 4. The number of alkyl halides is 3. The minimum atomic E-state index is -4.26. The Morgan fingerprint density at radius 2 is 2.06 bits per heavy atom. The van der Waals surface area contributed by atoms with Crippen molar-refractivity contribution < 1.29 is 22.4 Å². The zero-order valence-corrected chi connectivity index (χ0v) is 19.2. The van der Waals surface area contributed by atoms with Crippen LogP contribution in [0.3, 0.4) is 0 Å². The summed E-state index contributed by atoms with van der Waals surface area (Å²) in [4.78, 5) is 23.2. The van der Waals surface area contributed by atoms with E-state index in [1.54, 1.807) is 18.2 Å². The third-order valence-corrected chi connectivity index (χ3v) is 7.69. The lowest BCUT2D eigenvalue weighted by Gasteiger charge is -2.46. The molecule has 5 rings (SSSR count). The Balaban J connectivity index is 1.24. The molecule has 3 heterocycles. The summed E-state index contributed by atoms with van der Waals surface area (Å²) in [7, 11) is 1.50. The maximum atomic E-state index is 14.4. The van der Waals surface area contributed by atoms with Crippen molar-refractivity contribution in [1.82, 2.24) is 15.3 Å². The molecular weight excluding hydrogens is 470 g/mol. The molecule has 1 saturated carbocycles. The van der Waals surface area contributed by atoms with E-state index in [-0.39, 0.29) is 27.8 Å². The Hall–Kier alpha value is -2.95. The molecule has 2 fully saturated rings. The van der Waals surface area contributed by atoms with Crippen molar-refractivity contribution in [1.29, 1.82) is 0 Å². The fourth-order valence-electron chi connectivity index (χ4n) is 5.10. The molecule has 0 unspecified atom stereocenters. The van der Waals surface area contributed by atoms with Crippen molar-refractivity contribution in [2.75, 3.05) is 30.4 Å². The zero-order chi connectivity index (χ0) is 24.1. The van der Waals surface area contributed by atoms with Crippen LogP contribution in [0.15, 0.2) is 30.6 Å². The first-order valence-electron chi connectivity index (χ1n) is 11.0. The van der Waals surface area contributed by atoms with Gasteiger partial charge in [0.15, 0.2) is 0 Å². The summed E-state index contributed by atoms with van der Waals surface area (Å²) in [5.41, 5.74) is 0.707. The topological polar surface area (TPSA) is 70.2 Å². The molecule has 1 saturated heterocycles. The van der Waals surface area contributed by atoms with E-state index in [2.05, 4.69) is 25.5 Å². The Labute approximate surface area is 197 Å². The van der Waals surface area contributed by atoms with Crippen molar-refractivity contribution in [3.05, 3.63) is 46.9 Å². The molecule has 0 atom stereocenters. The van der Waals surface area contributed by atoms with Gasteiger partial charge in [0.2, 0.25) is 0 Å². The second kappa shape index (κ2) is 8.37. The fourth-order valence-corrected chi connectivity index (χ4v) is 6.13. The molecular formula is C23H23F4N5OS. The van der Waals surface area contributed by atoms with Crippen molar-refractivity contribution in [3.8, 4) is 0 Å². The van der Waals surface area contributed by atoms with Gasteiger partial charge in [0.25, 0.3) is 5.91 Å². The highest BCUT2D eigenvalue weighted by atomic mass is 32.1. The second-order valence-electron chi connectivity index (χ2n) is 9.12. The van der Waals surface area contributed by atoms with Gasteiger partial charge in [-0.3, -0.25) is 4.79 Å². The largest absolute Gasteiger partial charge is 0.393 e. The van der Waals surface area contributed by atoms with E-state index < -0.39 is 18.4 Å². The average molecular weight is 494 g/mol. The van der Waals surface area contributed by atoms with E-state index in [1.165, 1.54) is 19.4 Å². The van der Waals surface area contributed by atoms with Gasteiger partial charge in [-0.1, -0.05) is 0 Å². The van der Waals surface area contributed by atoms with Gasteiger partial charge in [0.1, 0.15) is 22.8 Å². The second-order valence-corrected chi connectivity index (χ2v) is 10.2. The summed E-state index contributed by atoms with van der Waals surface area (Å²) in [6.45, 7) is 1.51. The molecule has 3 aromatic rings. The number of anilines is 2. The number of carbonyl (C=O) groups is 1. The normalized spacial score (nSPS) is 22.3. The minimum Gasteiger partial charge on any atom is -0.380 e. The summed E-state index contributed by atoms with van der Waals surface area (Å²) in [6.07, 6.45) is -1.16. The maximum Gasteiger partial charge on any atom is 0.393 e. The standard InChI is InChI=1S/C23H23F4N5OS/c1-28-20(33)13-2-3-18(17(24)6-13)31-14-8-22(9-14)4-5-32(11-22)19-16-7-15(10-23(25,26)27)34-21(16)30-12-29-19/h2-3,6-7,12,14,31H,4-5,8-11H2,1H3,(H,28,33). The van der Waals surface area contributed by atoms with Gasteiger partial charge in [-0.25, -0.2) is 14.4 Å². The molecule has 2 aliphatic rings. The molecule has 1 aliphatic carbocycles. The highest BCUT2D eigenvalue weighted by Gasteiger charge is 2.49. The molecule has 1 aliphatic heterocycles. The average Bonchev–Trinajstić information content (AvgIpc) is 3.36. The number of carbonyl (C=O) groups excluding carboxylic acids is 1. The highest BCUT2D eigenvalue weighted by Crippen LogP contribution is 2.50. The van der Waals surface area contributed by atoms with E-state index in [1.807, 2.05) is 0 Å².